The van der Waals surface area contributed by atoms with Gasteiger partial charge in [0.2, 0.25) is 5.91 Å². The highest BCUT2D eigenvalue weighted by molar-refractivity contribution is 5.96. The predicted octanol–water partition coefficient (Wildman–Crippen LogP) is 4.69. The topological polar surface area (TPSA) is 76.7 Å². The molecule has 152 valence electrons. The number of nitrogens with one attached hydrogen (secondary N) is 2. The number of carbonyl (C=O) groups excluding carboxylic acids is 2. The Balaban J connectivity index is 1.28. The van der Waals surface area contributed by atoms with Gasteiger partial charge in [-0.05, 0) is 73.5 Å². The van der Waals surface area contributed by atoms with Gasteiger partial charge in [0.25, 0.3) is 5.91 Å². The van der Waals surface area contributed by atoms with Gasteiger partial charge in [0.05, 0.1) is 0 Å². The summed E-state index contributed by atoms with van der Waals surface area (Å²) in [6.07, 6.45) is 1.12. The van der Waals surface area contributed by atoms with E-state index in [4.69, 9.17) is 9.47 Å². The lowest BCUT2D eigenvalue weighted by molar-refractivity contribution is -0.118. The number of fused-ring (bicyclic) bond motifs is 1. The number of aryl methyl sites for hydroxylation is 2. The van der Waals surface area contributed by atoms with Gasteiger partial charge < -0.3 is 20.1 Å². The second-order valence-electron chi connectivity index (χ2n) is 7.14. The fraction of sp³-hybridized carbons (Fsp3) is 0.167. The van der Waals surface area contributed by atoms with Crippen molar-refractivity contribution in [3.05, 3.63) is 77.9 Å². The van der Waals surface area contributed by atoms with Crippen LogP contribution in [0.3, 0.4) is 0 Å². The average molecular weight is 402 g/mol. The van der Waals surface area contributed by atoms with Crippen molar-refractivity contribution < 1.29 is 19.1 Å². The van der Waals surface area contributed by atoms with E-state index in [9.17, 15) is 9.59 Å². The van der Waals surface area contributed by atoms with E-state index in [1.54, 1.807) is 36.4 Å². The van der Waals surface area contributed by atoms with Crippen LogP contribution in [0.25, 0.3) is 0 Å². The number of hydrogen-bond donors (Lipinski definition) is 2. The standard InChI is InChI=1S/C24H22N2O4/c1-16-2-6-20(7-3-16)30-21-10-8-19(9-11-21)29-15-24(28)25-18-5-12-22-17(14-18)4-13-23(27)26-22/h2-3,5-12,14H,4,13,15H2,1H3,(H,25,28)(H,26,27). The molecule has 0 radical (unpaired) electrons. The van der Waals surface area contributed by atoms with Crippen molar-refractivity contribution in [2.45, 2.75) is 19.8 Å². The Hall–Kier alpha value is -3.80. The van der Waals surface area contributed by atoms with Crippen LogP contribution in [0.5, 0.6) is 17.2 Å². The molecule has 0 saturated carbocycles. The first-order valence-electron chi connectivity index (χ1n) is 9.75. The highest BCUT2D eigenvalue weighted by Crippen LogP contribution is 2.26. The molecule has 30 heavy (non-hydrogen) atoms. The molecule has 1 aliphatic rings. The first-order chi connectivity index (χ1) is 14.5. The number of anilines is 2. The summed E-state index contributed by atoms with van der Waals surface area (Å²) in [5, 5.41) is 5.64. The molecule has 0 unspecified atom stereocenters. The Kier molecular flexibility index (Phi) is 5.66. The van der Waals surface area contributed by atoms with Crippen LogP contribution in [-0.4, -0.2) is 18.4 Å². The first-order valence-corrected chi connectivity index (χ1v) is 9.75. The molecule has 6 nitrogen and oxygen atoms in total. The average Bonchev–Trinajstić information content (AvgIpc) is 2.75. The number of benzene rings is 3. The predicted molar refractivity (Wildman–Crippen MR) is 115 cm³/mol. The maximum Gasteiger partial charge on any atom is 0.262 e. The molecule has 0 atom stereocenters. The zero-order valence-corrected chi connectivity index (χ0v) is 16.6. The summed E-state index contributed by atoms with van der Waals surface area (Å²) in [5.41, 5.74) is 3.66. The summed E-state index contributed by atoms with van der Waals surface area (Å²) >= 11 is 0. The molecule has 4 rings (SSSR count). The SMILES string of the molecule is Cc1ccc(Oc2ccc(OCC(=O)Nc3ccc4c(c3)CCC(=O)N4)cc2)cc1. The molecule has 2 amide bonds. The van der Waals surface area contributed by atoms with Crippen molar-refractivity contribution in [1.29, 1.82) is 0 Å². The first kappa shape index (κ1) is 19.5. The molecule has 1 heterocycles. The fourth-order valence-electron chi connectivity index (χ4n) is 3.15. The summed E-state index contributed by atoms with van der Waals surface area (Å²) in [6.45, 7) is 1.92. The molecule has 3 aromatic rings. The summed E-state index contributed by atoms with van der Waals surface area (Å²) < 4.78 is 11.3. The van der Waals surface area contributed by atoms with Gasteiger partial charge in [-0.25, -0.2) is 0 Å². The molecule has 0 bridgehead atoms. The van der Waals surface area contributed by atoms with Gasteiger partial charge in [0, 0.05) is 17.8 Å². The van der Waals surface area contributed by atoms with E-state index in [1.165, 1.54) is 5.56 Å². The normalized spacial score (nSPS) is 12.5. The second-order valence-corrected chi connectivity index (χ2v) is 7.14. The number of rotatable bonds is 6. The van der Waals surface area contributed by atoms with Crippen molar-refractivity contribution >= 4 is 23.2 Å². The van der Waals surface area contributed by atoms with Crippen LogP contribution in [0.2, 0.25) is 0 Å². The van der Waals surface area contributed by atoms with Gasteiger partial charge in [-0.2, -0.15) is 0 Å². The molecule has 0 saturated heterocycles. The Labute approximate surface area is 174 Å². The molecular formula is C24H22N2O4. The second kappa shape index (κ2) is 8.69. The molecule has 6 heteroatoms. The Morgan fingerprint density at radius 3 is 2.33 bits per heavy atom. The van der Waals surface area contributed by atoms with Gasteiger partial charge in [0.15, 0.2) is 6.61 Å². The lowest BCUT2D eigenvalue weighted by Gasteiger charge is -2.17. The van der Waals surface area contributed by atoms with Gasteiger partial charge in [-0.3, -0.25) is 9.59 Å². The molecule has 0 fully saturated rings. The lowest BCUT2D eigenvalue weighted by Crippen LogP contribution is -2.21. The van der Waals surface area contributed by atoms with E-state index < -0.39 is 0 Å². The van der Waals surface area contributed by atoms with E-state index in [2.05, 4.69) is 10.6 Å². The molecule has 0 aliphatic carbocycles. The summed E-state index contributed by atoms with van der Waals surface area (Å²) in [6, 6.07) is 20.4. The summed E-state index contributed by atoms with van der Waals surface area (Å²) in [7, 11) is 0. The van der Waals surface area contributed by atoms with E-state index in [0.717, 1.165) is 17.0 Å². The van der Waals surface area contributed by atoms with Crippen LogP contribution in [0.15, 0.2) is 66.7 Å². The number of hydrogen-bond acceptors (Lipinski definition) is 4. The van der Waals surface area contributed by atoms with Crippen LogP contribution in [0, 0.1) is 6.92 Å². The third-order valence-electron chi connectivity index (χ3n) is 4.73. The van der Waals surface area contributed by atoms with Gasteiger partial charge in [0.1, 0.15) is 17.2 Å². The largest absolute Gasteiger partial charge is 0.484 e. The van der Waals surface area contributed by atoms with Gasteiger partial charge in [-0.1, -0.05) is 17.7 Å². The van der Waals surface area contributed by atoms with Crippen LogP contribution in [0.4, 0.5) is 11.4 Å². The zero-order chi connectivity index (χ0) is 20.9. The van der Waals surface area contributed by atoms with E-state index in [-0.39, 0.29) is 18.4 Å². The smallest absolute Gasteiger partial charge is 0.262 e. The molecule has 3 aromatic carbocycles. The minimum Gasteiger partial charge on any atom is -0.484 e. The lowest BCUT2D eigenvalue weighted by atomic mass is 10.0. The zero-order valence-electron chi connectivity index (χ0n) is 16.6. The Morgan fingerprint density at radius 1 is 0.933 bits per heavy atom. The highest BCUT2D eigenvalue weighted by Gasteiger charge is 2.15. The molecule has 0 aromatic heterocycles. The van der Waals surface area contributed by atoms with E-state index in [1.807, 2.05) is 37.3 Å². The van der Waals surface area contributed by atoms with Crippen molar-refractivity contribution in [3.63, 3.8) is 0 Å². The monoisotopic (exact) mass is 402 g/mol. The minimum atomic E-state index is -0.255. The van der Waals surface area contributed by atoms with Gasteiger partial charge >= 0.3 is 0 Å². The van der Waals surface area contributed by atoms with Crippen LogP contribution < -0.4 is 20.1 Å². The number of ether oxygens (including phenoxy) is 2. The number of amides is 2. The summed E-state index contributed by atoms with van der Waals surface area (Å²) in [5.74, 6) is 1.79. The van der Waals surface area contributed by atoms with Crippen LogP contribution in [-0.2, 0) is 16.0 Å². The summed E-state index contributed by atoms with van der Waals surface area (Å²) in [4.78, 5) is 23.6. The highest BCUT2D eigenvalue weighted by atomic mass is 16.5. The number of carbonyl (C=O) groups is 2. The molecule has 2 N–H and O–H groups in total. The Bertz CT molecular complexity index is 1060. The third-order valence-corrected chi connectivity index (χ3v) is 4.73. The maximum absolute atomic E-state index is 12.2. The molecule has 0 spiro atoms. The third kappa shape index (κ3) is 4.97. The Morgan fingerprint density at radius 2 is 1.60 bits per heavy atom. The molecular weight excluding hydrogens is 380 g/mol. The van der Waals surface area contributed by atoms with Crippen LogP contribution in [0.1, 0.15) is 17.5 Å². The quantitative estimate of drug-likeness (QED) is 0.627. The van der Waals surface area contributed by atoms with E-state index >= 15 is 0 Å². The van der Waals surface area contributed by atoms with Gasteiger partial charge in [-0.15, -0.1) is 0 Å². The van der Waals surface area contributed by atoms with Crippen molar-refractivity contribution in [2.75, 3.05) is 17.2 Å². The van der Waals surface area contributed by atoms with Crippen molar-refractivity contribution in [3.8, 4) is 17.2 Å². The molecule has 1 aliphatic heterocycles. The fourth-order valence-corrected chi connectivity index (χ4v) is 3.15. The van der Waals surface area contributed by atoms with Crippen molar-refractivity contribution in [2.24, 2.45) is 0 Å². The van der Waals surface area contributed by atoms with E-state index in [0.29, 0.717) is 30.0 Å². The van der Waals surface area contributed by atoms with Crippen molar-refractivity contribution in [1.82, 2.24) is 0 Å². The minimum absolute atomic E-state index is 0.0166. The van der Waals surface area contributed by atoms with Crippen LogP contribution >= 0.6 is 0 Å². The maximum atomic E-state index is 12.2.